The minimum absolute atomic E-state index is 0.254. The summed E-state index contributed by atoms with van der Waals surface area (Å²) in [5.74, 6) is 1.01. The van der Waals surface area contributed by atoms with E-state index in [9.17, 15) is 4.79 Å². The molecule has 0 bridgehead atoms. The Balaban J connectivity index is 1.44. The molecule has 3 aliphatic rings. The molecule has 1 amide bonds. The number of carbonyl (C=O) groups is 1. The van der Waals surface area contributed by atoms with Gasteiger partial charge in [0.15, 0.2) is 0 Å². The molecule has 0 aromatic heterocycles. The SMILES string of the molecule is CCN1CCCC1CN(CC1CCN(CCOC)CC1)C(=O)C1(c2ccccc2)CC1. The maximum Gasteiger partial charge on any atom is 0.233 e. The number of benzene rings is 1. The van der Waals surface area contributed by atoms with E-state index in [1.54, 1.807) is 7.11 Å². The molecule has 5 nitrogen and oxygen atoms in total. The van der Waals surface area contributed by atoms with Crippen LogP contribution in [-0.2, 0) is 14.9 Å². The molecule has 1 unspecified atom stereocenters. The summed E-state index contributed by atoms with van der Waals surface area (Å²) in [7, 11) is 1.78. The highest BCUT2D eigenvalue weighted by molar-refractivity contribution is 5.91. The second kappa shape index (κ2) is 10.5. The highest BCUT2D eigenvalue weighted by Gasteiger charge is 2.53. The number of rotatable bonds is 10. The first-order chi connectivity index (χ1) is 15.2. The molecule has 4 rings (SSSR count). The van der Waals surface area contributed by atoms with Gasteiger partial charge in [-0.25, -0.2) is 0 Å². The first-order valence-electron chi connectivity index (χ1n) is 12.5. The predicted molar refractivity (Wildman–Crippen MR) is 125 cm³/mol. The third kappa shape index (κ3) is 5.32. The van der Waals surface area contributed by atoms with Crippen molar-refractivity contribution in [1.29, 1.82) is 0 Å². The zero-order valence-corrected chi connectivity index (χ0v) is 19.6. The quantitative estimate of drug-likeness (QED) is 0.573. The molecule has 172 valence electrons. The largest absolute Gasteiger partial charge is 0.383 e. The lowest BCUT2D eigenvalue weighted by molar-refractivity contribution is -0.135. The third-order valence-corrected chi connectivity index (χ3v) is 7.91. The van der Waals surface area contributed by atoms with E-state index in [0.29, 0.717) is 17.9 Å². The van der Waals surface area contributed by atoms with Crippen molar-refractivity contribution in [2.24, 2.45) is 5.92 Å². The molecule has 0 radical (unpaired) electrons. The molecule has 2 heterocycles. The Hall–Kier alpha value is -1.43. The van der Waals surface area contributed by atoms with Gasteiger partial charge in [0.2, 0.25) is 5.91 Å². The highest BCUT2D eigenvalue weighted by atomic mass is 16.5. The maximum atomic E-state index is 14.0. The number of carbonyl (C=O) groups excluding carboxylic acids is 1. The van der Waals surface area contributed by atoms with Gasteiger partial charge >= 0.3 is 0 Å². The third-order valence-electron chi connectivity index (χ3n) is 7.91. The molecule has 0 N–H and O–H groups in total. The standard InChI is InChI=1S/C26H41N3O2/c1-3-28-15-7-10-24(28)21-29(20-22-11-16-27(17-12-22)18-19-31-2)25(30)26(13-14-26)23-8-5-4-6-9-23/h4-6,8-9,22,24H,3,7,10-21H2,1-2H3. The Labute approximate surface area is 188 Å². The summed E-state index contributed by atoms with van der Waals surface area (Å²) in [6.45, 7) is 10.5. The fourth-order valence-electron chi connectivity index (χ4n) is 5.75. The molecule has 1 aromatic carbocycles. The van der Waals surface area contributed by atoms with Crippen LogP contribution >= 0.6 is 0 Å². The molecule has 2 aliphatic heterocycles. The summed E-state index contributed by atoms with van der Waals surface area (Å²) < 4.78 is 5.25. The molecule has 1 aliphatic carbocycles. The monoisotopic (exact) mass is 427 g/mol. The number of hydrogen-bond acceptors (Lipinski definition) is 4. The van der Waals surface area contributed by atoms with Gasteiger partial charge in [0.1, 0.15) is 0 Å². The zero-order valence-electron chi connectivity index (χ0n) is 19.6. The van der Waals surface area contributed by atoms with E-state index in [1.165, 1.54) is 37.8 Å². The Kier molecular flexibility index (Phi) is 7.68. The van der Waals surface area contributed by atoms with Crippen LogP contribution in [0.5, 0.6) is 0 Å². The van der Waals surface area contributed by atoms with E-state index in [-0.39, 0.29) is 5.41 Å². The first kappa shape index (κ1) is 22.8. The maximum absolute atomic E-state index is 14.0. The van der Waals surface area contributed by atoms with Crippen LogP contribution in [0.2, 0.25) is 0 Å². The lowest BCUT2D eigenvalue weighted by Gasteiger charge is -2.38. The molecule has 1 atom stereocenters. The number of amides is 1. The molecule has 0 spiro atoms. The van der Waals surface area contributed by atoms with Crippen molar-refractivity contribution in [3.63, 3.8) is 0 Å². The summed E-state index contributed by atoms with van der Waals surface area (Å²) >= 11 is 0. The van der Waals surface area contributed by atoms with Gasteiger partial charge in [-0.15, -0.1) is 0 Å². The summed E-state index contributed by atoms with van der Waals surface area (Å²) in [5, 5.41) is 0. The van der Waals surface area contributed by atoms with Crippen molar-refractivity contribution in [1.82, 2.24) is 14.7 Å². The topological polar surface area (TPSA) is 36.0 Å². The minimum Gasteiger partial charge on any atom is -0.383 e. The van der Waals surface area contributed by atoms with Crippen molar-refractivity contribution < 1.29 is 9.53 Å². The van der Waals surface area contributed by atoms with E-state index in [0.717, 1.165) is 58.7 Å². The summed E-state index contributed by atoms with van der Waals surface area (Å²) in [5.41, 5.74) is 0.967. The van der Waals surface area contributed by atoms with Crippen molar-refractivity contribution in [2.45, 2.75) is 56.9 Å². The molecular formula is C26H41N3O2. The van der Waals surface area contributed by atoms with Gasteiger partial charge in [-0.1, -0.05) is 37.3 Å². The van der Waals surface area contributed by atoms with Crippen molar-refractivity contribution in [3.05, 3.63) is 35.9 Å². The number of piperidine rings is 1. The number of likely N-dealkylation sites (N-methyl/N-ethyl adjacent to an activating group) is 1. The van der Waals surface area contributed by atoms with Crippen LogP contribution < -0.4 is 0 Å². The Morgan fingerprint density at radius 2 is 1.84 bits per heavy atom. The van der Waals surface area contributed by atoms with Gasteiger partial charge in [0, 0.05) is 32.8 Å². The summed E-state index contributed by atoms with van der Waals surface area (Å²) in [6.07, 6.45) is 6.88. The Bertz CT molecular complexity index is 698. The van der Waals surface area contributed by atoms with Crippen molar-refractivity contribution in [3.8, 4) is 0 Å². The highest BCUT2D eigenvalue weighted by Crippen LogP contribution is 2.49. The summed E-state index contributed by atoms with van der Waals surface area (Å²) in [6, 6.07) is 11.1. The average molecular weight is 428 g/mol. The van der Waals surface area contributed by atoms with E-state index >= 15 is 0 Å². The van der Waals surface area contributed by atoms with Crippen LogP contribution in [0.25, 0.3) is 0 Å². The van der Waals surface area contributed by atoms with Crippen LogP contribution in [0.15, 0.2) is 30.3 Å². The fraction of sp³-hybridized carbons (Fsp3) is 0.731. The predicted octanol–water partition coefficient (Wildman–Crippen LogP) is 3.39. The van der Waals surface area contributed by atoms with Gasteiger partial charge in [-0.05, 0) is 76.2 Å². The molecule has 1 aromatic rings. The molecule has 2 saturated heterocycles. The molecule has 31 heavy (non-hydrogen) atoms. The minimum atomic E-state index is -0.254. The van der Waals surface area contributed by atoms with E-state index in [2.05, 4.69) is 52.0 Å². The zero-order chi connectivity index (χ0) is 21.7. The smallest absolute Gasteiger partial charge is 0.233 e. The van der Waals surface area contributed by atoms with Gasteiger partial charge in [-0.2, -0.15) is 0 Å². The average Bonchev–Trinajstić information content (AvgIpc) is 3.51. The molecule has 5 heteroatoms. The van der Waals surface area contributed by atoms with Crippen molar-refractivity contribution >= 4 is 5.91 Å². The number of ether oxygens (including phenoxy) is 1. The Morgan fingerprint density at radius 3 is 2.48 bits per heavy atom. The fourth-order valence-corrected chi connectivity index (χ4v) is 5.75. The second-order valence-corrected chi connectivity index (χ2v) is 9.86. The molecule has 3 fully saturated rings. The summed E-state index contributed by atoms with van der Waals surface area (Å²) in [4.78, 5) is 21.3. The normalized spacial score (nSPS) is 24.4. The lowest BCUT2D eigenvalue weighted by Crippen LogP contribution is -2.49. The molecular weight excluding hydrogens is 386 g/mol. The molecule has 1 saturated carbocycles. The number of hydrogen-bond donors (Lipinski definition) is 0. The number of nitrogens with zero attached hydrogens (tertiary/aromatic N) is 3. The van der Waals surface area contributed by atoms with Crippen LogP contribution in [0.1, 0.15) is 51.0 Å². The van der Waals surface area contributed by atoms with Crippen LogP contribution in [0.4, 0.5) is 0 Å². The van der Waals surface area contributed by atoms with Gasteiger partial charge in [-0.3, -0.25) is 9.69 Å². The van der Waals surface area contributed by atoms with Gasteiger partial charge in [0.25, 0.3) is 0 Å². The van der Waals surface area contributed by atoms with Gasteiger partial charge < -0.3 is 14.5 Å². The van der Waals surface area contributed by atoms with E-state index < -0.39 is 0 Å². The van der Waals surface area contributed by atoms with Gasteiger partial charge in [0.05, 0.1) is 12.0 Å². The van der Waals surface area contributed by atoms with Crippen LogP contribution in [0.3, 0.4) is 0 Å². The van der Waals surface area contributed by atoms with Crippen LogP contribution in [0, 0.1) is 5.92 Å². The Morgan fingerprint density at radius 1 is 1.10 bits per heavy atom. The van der Waals surface area contributed by atoms with Crippen LogP contribution in [-0.4, -0.2) is 86.2 Å². The second-order valence-electron chi connectivity index (χ2n) is 9.86. The van der Waals surface area contributed by atoms with E-state index in [4.69, 9.17) is 4.74 Å². The van der Waals surface area contributed by atoms with Crippen molar-refractivity contribution in [2.75, 3.05) is 59.5 Å². The first-order valence-corrected chi connectivity index (χ1v) is 12.5. The lowest BCUT2D eigenvalue weighted by atomic mass is 9.91. The van der Waals surface area contributed by atoms with E-state index in [1.807, 2.05) is 0 Å². The number of likely N-dealkylation sites (tertiary alicyclic amines) is 2. The number of methoxy groups -OCH3 is 1.